The van der Waals surface area contributed by atoms with Crippen molar-refractivity contribution in [3.05, 3.63) is 34.9 Å². The van der Waals surface area contributed by atoms with Gasteiger partial charge in [-0.25, -0.2) is 0 Å². The van der Waals surface area contributed by atoms with E-state index in [4.69, 9.17) is 11.6 Å². The van der Waals surface area contributed by atoms with E-state index in [0.29, 0.717) is 17.0 Å². The minimum absolute atomic E-state index is 0.151. The Kier molecular flexibility index (Phi) is 5.74. The number of hydrogen-bond acceptors (Lipinski definition) is 3. The number of benzene rings is 1. The summed E-state index contributed by atoms with van der Waals surface area (Å²) >= 11 is 8.00. The first-order valence-corrected chi connectivity index (χ1v) is 8.40. The Labute approximate surface area is 124 Å². The molecule has 1 heterocycles. The van der Waals surface area contributed by atoms with Crippen molar-refractivity contribution in [2.75, 3.05) is 25.9 Å². The van der Waals surface area contributed by atoms with Gasteiger partial charge in [0, 0.05) is 23.8 Å². The molecule has 0 aromatic heterocycles. The molecule has 2 rings (SSSR count). The van der Waals surface area contributed by atoms with Gasteiger partial charge in [0.25, 0.3) is 0 Å². The lowest BCUT2D eigenvalue weighted by Gasteiger charge is -2.30. The van der Waals surface area contributed by atoms with Crippen molar-refractivity contribution in [2.45, 2.75) is 24.5 Å². The van der Waals surface area contributed by atoms with Crippen LogP contribution in [-0.4, -0.2) is 41.8 Å². The average molecular weight is 298 g/mol. The number of nitrogens with zero attached hydrogens (tertiary/aromatic N) is 1. The molecule has 2 nitrogen and oxygen atoms in total. The van der Waals surface area contributed by atoms with Gasteiger partial charge in [0.2, 0.25) is 0 Å². The largest absolute Gasteiger partial charge is 0.303 e. The highest BCUT2D eigenvalue weighted by atomic mass is 35.5. The number of hydrogen-bond donors (Lipinski definition) is 0. The van der Waals surface area contributed by atoms with Crippen molar-refractivity contribution >= 4 is 29.1 Å². The summed E-state index contributed by atoms with van der Waals surface area (Å²) in [6.07, 6.45) is 5.22. The van der Waals surface area contributed by atoms with Crippen LogP contribution in [0.5, 0.6) is 0 Å². The summed E-state index contributed by atoms with van der Waals surface area (Å²) in [5.41, 5.74) is 0.656. The molecule has 1 aromatic rings. The quantitative estimate of drug-likeness (QED) is 0.772. The van der Waals surface area contributed by atoms with Crippen molar-refractivity contribution in [1.82, 2.24) is 4.90 Å². The van der Waals surface area contributed by atoms with E-state index in [1.807, 2.05) is 30.0 Å². The average Bonchev–Trinajstić information content (AvgIpc) is 2.46. The summed E-state index contributed by atoms with van der Waals surface area (Å²) in [5, 5.41) is 1.36. The molecule has 0 amide bonds. The van der Waals surface area contributed by atoms with E-state index in [-0.39, 0.29) is 5.78 Å². The SMILES string of the molecule is CSC1CCN(CCC(=O)c2ccccc2Cl)CC1. The minimum atomic E-state index is 0.151. The Morgan fingerprint density at radius 1 is 1.37 bits per heavy atom. The molecule has 0 saturated carbocycles. The van der Waals surface area contributed by atoms with Crippen molar-refractivity contribution in [1.29, 1.82) is 0 Å². The Balaban J connectivity index is 1.80. The van der Waals surface area contributed by atoms with Crippen LogP contribution in [0.1, 0.15) is 29.6 Å². The molecule has 0 unspecified atom stereocenters. The van der Waals surface area contributed by atoms with E-state index in [1.165, 1.54) is 12.8 Å². The van der Waals surface area contributed by atoms with Crippen LogP contribution in [0.4, 0.5) is 0 Å². The van der Waals surface area contributed by atoms with Gasteiger partial charge in [-0.15, -0.1) is 0 Å². The molecule has 4 heteroatoms. The molecule has 1 aromatic carbocycles. The number of likely N-dealkylation sites (tertiary alicyclic amines) is 1. The van der Waals surface area contributed by atoms with Gasteiger partial charge in [-0.1, -0.05) is 23.7 Å². The summed E-state index contributed by atoms with van der Waals surface area (Å²) in [4.78, 5) is 14.5. The molecule has 1 saturated heterocycles. The topological polar surface area (TPSA) is 20.3 Å². The van der Waals surface area contributed by atoms with E-state index in [1.54, 1.807) is 6.07 Å². The number of Topliss-reactive ketones (excluding diaryl/α,β-unsaturated/α-hetero) is 1. The van der Waals surface area contributed by atoms with Gasteiger partial charge >= 0.3 is 0 Å². The first-order chi connectivity index (χ1) is 9.20. The van der Waals surface area contributed by atoms with Gasteiger partial charge in [0.1, 0.15) is 0 Å². The van der Waals surface area contributed by atoms with Gasteiger partial charge in [-0.3, -0.25) is 4.79 Å². The third-order valence-electron chi connectivity index (χ3n) is 3.70. The van der Waals surface area contributed by atoms with Gasteiger partial charge in [-0.05, 0) is 44.3 Å². The number of carbonyl (C=O) groups excluding carboxylic acids is 1. The lowest BCUT2D eigenvalue weighted by molar-refractivity contribution is 0.0959. The second-order valence-corrected chi connectivity index (χ2v) is 6.47. The zero-order chi connectivity index (χ0) is 13.7. The molecule has 1 aliphatic heterocycles. The monoisotopic (exact) mass is 297 g/mol. The zero-order valence-electron chi connectivity index (χ0n) is 11.3. The van der Waals surface area contributed by atoms with Gasteiger partial charge in [-0.2, -0.15) is 11.8 Å². The molecule has 0 N–H and O–H groups in total. The van der Waals surface area contributed by atoms with Crippen LogP contribution >= 0.6 is 23.4 Å². The standard InChI is InChI=1S/C15H20ClNOS/c1-19-12-6-9-17(10-7-12)11-8-15(18)13-4-2-3-5-14(13)16/h2-5,12H,6-11H2,1H3. The van der Waals surface area contributed by atoms with Crippen molar-refractivity contribution in [3.63, 3.8) is 0 Å². The third kappa shape index (κ3) is 4.23. The number of thioether (sulfide) groups is 1. The highest BCUT2D eigenvalue weighted by Crippen LogP contribution is 2.21. The summed E-state index contributed by atoms with van der Waals surface area (Å²) in [6, 6.07) is 7.30. The van der Waals surface area contributed by atoms with E-state index >= 15 is 0 Å². The fourth-order valence-corrected chi connectivity index (χ4v) is 3.37. The molecule has 104 valence electrons. The molecule has 1 fully saturated rings. The van der Waals surface area contributed by atoms with Crippen molar-refractivity contribution < 1.29 is 4.79 Å². The van der Waals surface area contributed by atoms with Crippen LogP contribution in [0, 0.1) is 0 Å². The third-order valence-corrected chi connectivity index (χ3v) is 5.16. The lowest BCUT2D eigenvalue weighted by Crippen LogP contribution is -2.36. The van der Waals surface area contributed by atoms with Crippen LogP contribution < -0.4 is 0 Å². The van der Waals surface area contributed by atoms with Crippen molar-refractivity contribution in [2.24, 2.45) is 0 Å². The first kappa shape index (κ1) is 14.9. The fourth-order valence-electron chi connectivity index (χ4n) is 2.45. The molecular formula is C15H20ClNOS. The second-order valence-electron chi connectivity index (χ2n) is 4.93. The van der Waals surface area contributed by atoms with Gasteiger partial charge < -0.3 is 4.90 Å². The van der Waals surface area contributed by atoms with Crippen molar-refractivity contribution in [3.8, 4) is 0 Å². The minimum Gasteiger partial charge on any atom is -0.303 e. The summed E-state index contributed by atoms with van der Waals surface area (Å²) < 4.78 is 0. The van der Waals surface area contributed by atoms with E-state index in [9.17, 15) is 4.79 Å². The molecule has 0 atom stereocenters. The van der Waals surface area contributed by atoms with Crippen LogP contribution in [0.25, 0.3) is 0 Å². The number of halogens is 1. The maximum absolute atomic E-state index is 12.1. The van der Waals surface area contributed by atoms with E-state index in [0.717, 1.165) is 24.9 Å². The Morgan fingerprint density at radius 2 is 2.05 bits per heavy atom. The Hall–Kier alpha value is -0.510. The molecular weight excluding hydrogens is 278 g/mol. The van der Waals surface area contributed by atoms with Gasteiger partial charge in [0.15, 0.2) is 5.78 Å². The molecule has 0 aliphatic carbocycles. The highest BCUT2D eigenvalue weighted by molar-refractivity contribution is 7.99. The summed E-state index contributed by atoms with van der Waals surface area (Å²) in [7, 11) is 0. The number of rotatable bonds is 5. The fraction of sp³-hybridized carbons (Fsp3) is 0.533. The molecule has 0 bridgehead atoms. The van der Waals surface area contributed by atoms with Crippen LogP contribution in [-0.2, 0) is 0 Å². The predicted octanol–water partition coefficient (Wildman–Crippen LogP) is 3.74. The lowest BCUT2D eigenvalue weighted by atomic mass is 10.1. The Bertz CT molecular complexity index is 430. The molecule has 0 radical (unpaired) electrons. The number of carbonyl (C=O) groups is 1. The van der Waals surface area contributed by atoms with Gasteiger partial charge in [0.05, 0.1) is 5.02 Å². The molecule has 19 heavy (non-hydrogen) atoms. The van der Waals surface area contributed by atoms with Crippen LogP contribution in [0.15, 0.2) is 24.3 Å². The van der Waals surface area contributed by atoms with Crippen LogP contribution in [0.3, 0.4) is 0 Å². The maximum atomic E-state index is 12.1. The molecule has 1 aliphatic rings. The number of ketones is 1. The molecule has 0 spiro atoms. The number of piperidine rings is 1. The maximum Gasteiger partial charge on any atom is 0.165 e. The zero-order valence-corrected chi connectivity index (χ0v) is 12.8. The predicted molar refractivity (Wildman–Crippen MR) is 83.4 cm³/mol. The van der Waals surface area contributed by atoms with E-state index in [2.05, 4.69) is 11.2 Å². The summed E-state index contributed by atoms with van der Waals surface area (Å²) in [5.74, 6) is 0.151. The highest BCUT2D eigenvalue weighted by Gasteiger charge is 2.19. The second kappa shape index (κ2) is 7.32. The van der Waals surface area contributed by atoms with Crippen LogP contribution in [0.2, 0.25) is 5.02 Å². The summed E-state index contributed by atoms with van der Waals surface area (Å²) in [6.45, 7) is 3.08. The normalized spacial score (nSPS) is 17.6. The van der Waals surface area contributed by atoms with E-state index < -0.39 is 0 Å². The first-order valence-electron chi connectivity index (χ1n) is 6.73. The smallest absolute Gasteiger partial charge is 0.165 e. The Morgan fingerprint density at radius 3 is 2.68 bits per heavy atom.